The fourth-order valence-corrected chi connectivity index (χ4v) is 14.0. The number of aliphatic hydroxyl groups is 1. The molecule has 0 unspecified atom stereocenters. The normalized spacial score (nSPS) is 10.9. The first-order valence-electron chi connectivity index (χ1n) is 42.9. The molecule has 666 valence electrons. The van der Waals surface area contributed by atoms with Gasteiger partial charge in [-0.05, 0) is 178 Å². The summed E-state index contributed by atoms with van der Waals surface area (Å²) in [5, 5.41) is 16.9. The number of pyridine rings is 9. The molecule has 0 aliphatic carbocycles. The number of hydrogen-bond donors (Lipinski definition) is 1. The average Bonchev–Trinajstić information content (AvgIpc) is 1.63. The van der Waals surface area contributed by atoms with E-state index in [1.807, 2.05) is 263 Å². The van der Waals surface area contributed by atoms with E-state index in [1.165, 1.54) is 60.2 Å². The number of fused-ring (bicyclic) bond motifs is 10. The Kier molecular flexibility index (Phi) is 34.8. The van der Waals surface area contributed by atoms with E-state index < -0.39 is 6.85 Å². The summed E-state index contributed by atoms with van der Waals surface area (Å²) in [6.07, 6.45) is 11.4. The van der Waals surface area contributed by atoms with Crippen molar-refractivity contribution in [2.24, 2.45) is 0 Å². The molecule has 12 aromatic heterocycles. The first-order chi connectivity index (χ1) is 64.2. The van der Waals surface area contributed by atoms with Crippen LogP contribution in [-0.4, -0.2) is 55.7 Å². The molecule has 22 rings (SSSR count). The van der Waals surface area contributed by atoms with E-state index in [0.717, 1.165) is 150 Å². The number of carbonyl (C=O) groups excluding carboxylic acids is 1. The van der Waals surface area contributed by atoms with Crippen LogP contribution in [0.25, 0.3) is 167 Å². The fraction of sp³-hybridized carbons (Fsp3) is 0.0702. The molecule has 0 saturated carbocycles. The molecule has 0 amide bonds. The molecule has 22 aromatic rings. The second-order valence-electron chi connectivity index (χ2n) is 29.7. The first-order valence-corrected chi connectivity index (χ1v) is 41.4. The van der Waals surface area contributed by atoms with E-state index >= 15 is 0 Å². The topological polar surface area (TPSA) is 193 Å². The number of rotatable bonds is 9. The Morgan fingerprint density at radius 3 is 1.11 bits per heavy atom. The van der Waals surface area contributed by atoms with E-state index in [-0.39, 0.29) is 103 Å². The number of nitrogens with zero attached hydrogens (tertiary/aromatic N) is 9. The van der Waals surface area contributed by atoms with E-state index in [4.69, 9.17) is 22.5 Å². The number of aromatic nitrogens is 9. The molecule has 0 atom stereocenters. The summed E-state index contributed by atoms with van der Waals surface area (Å²) in [5.74, 6) is -0.316. The number of allylic oxidation sites excluding steroid dienone is 2. The minimum atomic E-state index is -2.09. The molecule has 14 nitrogen and oxygen atoms in total. The van der Waals surface area contributed by atoms with Crippen molar-refractivity contribution in [2.45, 2.75) is 55.3 Å². The predicted molar refractivity (Wildman–Crippen MR) is 514 cm³/mol. The fourth-order valence-electron chi connectivity index (χ4n) is 14.0. The number of halogens is 1. The molecule has 19 heteroatoms. The van der Waals surface area contributed by atoms with E-state index in [0.29, 0.717) is 22.7 Å². The number of benzene rings is 10. The van der Waals surface area contributed by atoms with Crippen molar-refractivity contribution in [3.05, 3.63) is 453 Å². The van der Waals surface area contributed by atoms with Crippen LogP contribution in [0.2, 0.25) is 0 Å². The smallest absolute Gasteiger partial charge is 0.216 e. The van der Waals surface area contributed by atoms with Crippen LogP contribution in [0.1, 0.15) is 51.7 Å². The van der Waals surface area contributed by atoms with Gasteiger partial charge in [-0.1, -0.05) is 142 Å². The van der Waals surface area contributed by atoms with E-state index in [1.54, 1.807) is 61.3 Å². The van der Waals surface area contributed by atoms with Gasteiger partial charge in [-0.3, -0.25) is 4.79 Å². The maximum Gasteiger partial charge on any atom is 0.216 e. The summed E-state index contributed by atoms with van der Waals surface area (Å²) >= 11 is 0. The maximum absolute atomic E-state index is 13.2. The van der Waals surface area contributed by atoms with Gasteiger partial charge in [0.15, 0.2) is 5.78 Å². The maximum atomic E-state index is 13.2. The van der Waals surface area contributed by atoms with Crippen LogP contribution in [0.3, 0.4) is 0 Å². The van der Waals surface area contributed by atoms with Crippen LogP contribution >= 0.6 is 0 Å². The quantitative estimate of drug-likeness (QED) is 0.0815. The van der Waals surface area contributed by atoms with Crippen molar-refractivity contribution in [1.82, 2.24) is 44.9 Å². The number of carbonyl (C=O) groups is 1. The Bertz CT molecular complexity index is 7370. The van der Waals surface area contributed by atoms with Crippen molar-refractivity contribution in [3.63, 3.8) is 0 Å². The monoisotopic (exact) mass is 2450 g/mol. The van der Waals surface area contributed by atoms with Crippen molar-refractivity contribution in [1.29, 1.82) is 0 Å². The summed E-state index contributed by atoms with van der Waals surface area (Å²) in [6, 6.07) is 126. The summed E-state index contributed by atoms with van der Waals surface area (Å²) < 4.78 is 52.8. The molecule has 12 heterocycles. The standard InChI is InChI=1S/C23H14FN2O.C18H14.2C17H11N2O.C12H10N.2C11H8N.C5H8O2.4Ir/c1-14-5-10-19-18-3-2-4-20(22(18)27-23(19)26-14)21-13-16(11-12-25-21)15-6-8-17(24)9-7-15;1-13-8-9-18-14(2)11-16(12-17(18)10-13)15-6-4-3-5-7-15;2*1-11-8-9-13-12-5-4-6-14(15-7-2-3-10-18-15)16(12)20-17(13)19-11;1-10-7-8-12(13-9-10)11-5-3-2-4-6-11;2*1-2-6-10(7-3-1)11-8-4-5-9-12-11;1-4(6)3-5(2)7;;;;/h2-3,5-13H,1H3;3-6,8-11H,1-2H3;2*2-5,7-10H,1H3;2-5,7-9H,1H3;2*1-6,8-9H;3,6H,1-2H3;;;;/q-1;-2;5*-1;;;;;/i;;;;1D3;;;;;;;. The van der Waals surface area contributed by atoms with Gasteiger partial charge in [0.25, 0.3) is 0 Å². The van der Waals surface area contributed by atoms with Crippen LogP contribution in [0.15, 0.2) is 378 Å². The van der Waals surface area contributed by atoms with Crippen molar-refractivity contribution in [3.8, 4) is 89.8 Å². The number of aryl methyl sites for hydroxylation is 6. The molecule has 0 saturated heterocycles. The molecule has 133 heavy (non-hydrogen) atoms. The van der Waals surface area contributed by atoms with Gasteiger partial charge in [0.1, 0.15) is 5.82 Å². The third-order valence-electron chi connectivity index (χ3n) is 20.0. The first kappa shape index (κ1) is 95.0. The minimum absolute atomic E-state index is 0. The van der Waals surface area contributed by atoms with Gasteiger partial charge < -0.3 is 48.3 Å². The van der Waals surface area contributed by atoms with Gasteiger partial charge in [0, 0.05) is 161 Å². The largest absolute Gasteiger partial charge is 0.512 e. The van der Waals surface area contributed by atoms with Crippen LogP contribution in [0.4, 0.5) is 4.39 Å². The van der Waals surface area contributed by atoms with Gasteiger partial charge in [-0.25, -0.2) is 24.9 Å². The zero-order valence-electron chi connectivity index (χ0n) is 75.9. The summed E-state index contributed by atoms with van der Waals surface area (Å²) in [4.78, 5) is 49.2. The molecular formula is C114H84FIr4N9O5-8. The molecule has 0 bridgehead atoms. The Morgan fingerprint density at radius 1 is 0.346 bits per heavy atom. The van der Waals surface area contributed by atoms with Gasteiger partial charge in [0.05, 0.1) is 22.5 Å². The van der Waals surface area contributed by atoms with Crippen LogP contribution in [0.5, 0.6) is 0 Å². The van der Waals surface area contributed by atoms with Crippen LogP contribution in [0, 0.1) is 95.8 Å². The van der Waals surface area contributed by atoms with Crippen molar-refractivity contribution >= 4 is 82.8 Å². The number of aliphatic hydroxyl groups excluding tert-OH is 1. The van der Waals surface area contributed by atoms with E-state index in [2.05, 4.69) is 138 Å². The Labute approximate surface area is 830 Å². The molecular weight excluding hydrogens is 2360 g/mol. The Morgan fingerprint density at radius 2 is 0.737 bits per heavy atom. The Hall–Kier alpha value is -14.1. The average molecular weight is 2450 g/mol. The van der Waals surface area contributed by atoms with Gasteiger partial charge in [-0.2, -0.15) is 42.0 Å². The molecule has 0 aliphatic rings. The van der Waals surface area contributed by atoms with Crippen LogP contribution < -0.4 is 0 Å². The minimum Gasteiger partial charge on any atom is -0.512 e. The zero-order valence-corrected chi connectivity index (χ0v) is 82.5. The molecule has 10 aromatic carbocycles. The van der Waals surface area contributed by atoms with Crippen molar-refractivity contribution in [2.75, 3.05) is 0 Å². The summed E-state index contributed by atoms with van der Waals surface area (Å²) in [5.41, 5.74) is 24.5. The van der Waals surface area contributed by atoms with Gasteiger partial charge in [-0.15, -0.1) is 185 Å². The third-order valence-corrected chi connectivity index (χ3v) is 20.0. The van der Waals surface area contributed by atoms with Crippen molar-refractivity contribution < 1.29 is 112 Å². The SMILES string of the molecule is CC(=O)C=C(C)O.Cc1ccc2c(C)cc(-c3[c-]cccc3)[c-]c2c1.Cc1ccc2c(n1)oc1c(-c3cc(-c4ccc(F)cc4)ccn3)[c-]ccc12.Cc1ccc2c(n1)oc1c(-c3ccccn3)[c-]ccc12.Cc1ccc2c(n1)oc1c(-c3ccccn3)[c-]ccc12.[2H]C([2H])([2H])c1ccc(-c2[c-]cccc2)nc1.[Ir].[Ir].[Ir].[Ir].[c-]1ccccc1-c1ccccn1.[c-]1ccccc1-c1ccccn1. The van der Waals surface area contributed by atoms with E-state index in [9.17, 15) is 9.18 Å². The Balaban J connectivity index is 0.000000152. The summed E-state index contributed by atoms with van der Waals surface area (Å²) in [7, 11) is 0. The second kappa shape index (κ2) is 48.7. The third kappa shape index (κ3) is 26.2. The molecule has 1 N–H and O–H groups in total. The van der Waals surface area contributed by atoms with Gasteiger partial charge >= 0.3 is 0 Å². The zero-order chi connectivity index (χ0) is 91.9. The molecule has 0 spiro atoms. The molecule has 0 aliphatic heterocycles. The molecule has 4 radical (unpaired) electrons. The summed E-state index contributed by atoms with van der Waals surface area (Å²) in [6.45, 7) is 10.9. The van der Waals surface area contributed by atoms with Crippen LogP contribution in [-0.2, 0) is 85.2 Å². The number of ketones is 1. The van der Waals surface area contributed by atoms with Gasteiger partial charge in [0.2, 0.25) is 17.1 Å². The molecule has 0 fully saturated rings. The second-order valence-corrected chi connectivity index (χ2v) is 29.7. The predicted octanol–water partition coefficient (Wildman–Crippen LogP) is 28.0. The number of hydrogen-bond acceptors (Lipinski definition) is 14. The number of furan rings is 3.